The molecule has 2 aliphatic heterocycles. The highest BCUT2D eigenvalue weighted by molar-refractivity contribution is 5.95. The van der Waals surface area contributed by atoms with E-state index in [1.807, 2.05) is 0 Å². The van der Waals surface area contributed by atoms with E-state index in [2.05, 4.69) is 20.6 Å². The first-order valence-electron chi connectivity index (χ1n) is 22.4. The molecule has 0 spiro atoms. The van der Waals surface area contributed by atoms with Gasteiger partial charge in [0.25, 0.3) is 22.9 Å². The monoisotopic (exact) mass is 980 g/mol. The summed E-state index contributed by atoms with van der Waals surface area (Å²) in [7, 11) is 2.97. The first-order valence-corrected chi connectivity index (χ1v) is 22.4. The maximum Gasteiger partial charge on any atom is 0.410 e. The molecule has 20 nitrogen and oxygen atoms in total. The van der Waals surface area contributed by atoms with E-state index >= 15 is 0 Å². The van der Waals surface area contributed by atoms with Crippen molar-refractivity contribution >= 4 is 24.0 Å². The van der Waals surface area contributed by atoms with E-state index in [0.29, 0.717) is 22.3 Å². The smallest absolute Gasteiger partial charge is 0.410 e. The summed E-state index contributed by atoms with van der Waals surface area (Å²) in [6.07, 6.45) is -1.32. The van der Waals surface area contributed by atoms with E-state index in [4.69, 9.17) is 18.9 Å². The Morgan fingerprint density at radius 1 is 0.671 bits per heavy atom. The number of nitrogens with zero attached hydrogens (tertiary/aromatic N) is 6. The van der Waals surface area contributed by atoms with Crippen molar-refractivity contribution in [3.8, 4) is 11.5 Å². The van der Waals surface area contributed by atoms with Gasteiger partial charge in [0.1, 0.15) is 46.6 Å². The molecular formula is C48H62F2N8O12. The number of nitrogens with one attached hydrogen (secondary N) is 2. The number of hydrogen-bond acceptors (Lipinski definition) is 14. The molecule has 6 rings (SSSR count). The van der Waals surface area contributed by atoms with Crippen LogP contribution in [-0.2, 0) is 32.0 Å². The third kappa shape index (κ3) is 12.8. The van der Waals surface area contributed by atoms with E-state index in [0.717, 1.165) is 0 Å². The zero-order valence-electron chi connectivity index (χ0n) is 41.4. The summed E-state index contributed by atoms with van der Waals surface area (Å²) in [5, 5.41) is 26.3. The number of likely N-dealkylation sites (N-methyl/N-ethyl adjacent to an activating group) is 2. The second-order valence-corrected chi connectivity index (χ2v) is 19.2. The topological polar surface area (TPSA) is 246 Å². The van der Waals surface area contributed by atoms with Gasteiger partial charge in [-0.25, -0.2) is 28.3 Å². The van der Waals surface area contributed by atoms with Crippen LogP contribution in [0.1, 0.15) is 134 Å². The van der Waals surface area contributed by atoms with E-state index in [1.165, 1.54) is 57.3 Å². The van der Waals surface area contributed by atoms with Crippen LogP contribution in [0.15, 0.2) is 46.0 Å². The first kappa shape index (κ1) is 54.0. The number of carbonyl (C=O) groups is 4. The van der Waals surface area contributed by atoms with Crippen molar-refractivity contribution in [1.29, 1.82) is 0 Å². The van der Waals surface area contributed by atoms with Crippen molar-refractivity contribution in [2.24, 2.45) is 0 Å². The largest absolute Gasteiger partial charge is 0.501 e. The second kappa shape index (κ2) is 21.8. The van der Waals surface area contributed by atoms with Crippen molar-refractivity contribution in [1.82, 2.24) is 39.5 Å². The van der Waals surface area contributed by atoms with E-state index in [9.17, 15) is 47.8 Å². The number of rotatable bonds is 8. The SMILES string of the molecule is Cc1cc(CNC(=O)c2nc3n(c(=O)c2O)[C@@H](C)COC[C@@H]3N(C)C(=O)OC(C)(C)C)ccc1F.Cc1cc(CNC(=O)c2nc3n(c(=O)c2O)[C@@H](C)COC[C@H]3N(C)C(=O)OC(C)(C)C)ccc1F. The van der Waals surface area contributed by atoms with Crippen molar-refractivity contribution in [3.05, 3.63) is 114 Å². The van der Waals surface area contributed by atoms with Crippen LogP contribution in [0.25, 0.3) is 0 Å². The number of halogens is 2. The highest BCUT2D eigenvalue weighted by Gasteiger charge is 2.37. The minimum absolute atomic E-state index is 0.00716. The van der Waals surface area contributed by atoms with Crippen LogP contribution < -0.4 is 21.8 Å². The molecule has 2 aromatic carbocycles. The summed E-state index contributed by atoms with van der Waals surface area (Å²) in [5.41, 5.74) is -2.00. The molecule has 22 heteroatoms. The second-order valence-electron chi connectivity index (χ2n) is 19.2. The van der Waals surface area contributed by atoms with Gasteiger partial charge in [-0.05, 0) is 104 Å². The Balaban J connectivity index is 0.000000261. The van der Waals surface area contributed by atoms with Crippen LogP contribution in [0.2, 0.25) is 0 Å². The van der Waals surface area contributed by atoms with Crippen LogP contribution in [0.3, 0.4) is 0 Å². The van der Waals surface area contributed by atoms with Crippen molar-refractivity contribution in [2.45, 2.75) is 118 Å². The third-order valence-electron chi connectivity index (χ3n) is 11.1. The molecule has 4 atom stereocenters. The Labute approximate surface area is 403 Å². The maximum absolute atomic E-state index is 13.5. The molecule has 70 heavy (non-hydrogen) atoms. The van der Waals surface area contributed by atoms with Gasteiger partial charge in [0, 0.05) is 27.2 Å². The van der Waals surface area contributed by atoms with Gasteiger partial charge in [0.2, 0.25) is 11.5 Å². The van der Waals surface area contributed by atoms with Crippen molar-refractivity contribution in [3.63, 3.8) is 0 Å². The summed E-state index contributed by atoms with van der Waals surface area (Å²) >= 11 is 0. The molecule has 0 unspecified atom stereocenters. The van der Waals surface area contributed by atoms with Gasteiger partial charge in [-0.3, -0.25) is 38.1 Å². The maximum atomic E-state index is 13.5. The molecule has 0 saturated carbocycles. The highest BCUT2D eigenvalue weighted by Crippen LogP contribution is 2.30. The van der Waals surface area contributed by atoms with Crippen LogP contribution >= 0.6 is 0 Å². The molecule has 4 amide bonds. The fourth-order valence-electron chi connectivity index (χ4n) is 7.38. The number of hydrogen-bond donors (Lipinski definition) is 4. The van der Waals surface area contributed by atoms with Crippen molar-refractivity contribution < 1.29 is 57.1 Å². The standard InChI is InChI=1S/2C24H31FN4O6/c2*1-13-9-15(7-8-16(13)25)10-26-21(31)18-19(30)22(32)29-14(2)11-34-12-17(20(29)27-18)28(6)23(33)35-24(3,4)5/h2*7-9,14,17,30H,10-12H2,1-6H3,(H,26,31)/t14-,17+;14-,17-/m00/s1. The summed E-state index contributed by atoms with van der Waals surface area (Å²) in [5.74, 6) is -3.75. The minimum Gasteiger partial charge on any atom is -0.501 e. The van der Waals surface area contributed by atoms with Gasteiger partial charge in [-0.15, -0.1) is 0 Å². The molecule has 2 aromatic heterocycles. The predicted molar refractivity (Wildman–Crippen MR) is 249 cm³/mol. The molecule has 4 N–H and O–H groups in total. The summed E-state index contributed by atoms with van der Waals surface area (Å²) in [6, 6.07) is 6.07. The lowest BCUT2D eigenvalue weighted by Crippen LogP contribution is -2.41. The van der Waals surface area contributed by atoms with Gasteiger partial charge in [0.15, 0.2) is 11.4 Å². The van der Waals surface area contributed by atoms with Gasteiger partial charge < -0.3 is 39.8 Å². The summed E-state index contributed by atoms with van der Waals surface area (Å²) in [6.45, 7) is 17.3. The van der Waals surface area contributed by atoms with E-state index in [1.54, 1.807) is 81.4 Å². The molecule has 4 heterocycles. The average molecular weight is 981 g/mol. The van der Waals surface area contributed by atoms with Crippen LogP contribution in [0.4, 0.5) is 18.4 Å². The fourth-order valence-corrected chi connectivity index (χ4v) is 7.38. The fraction of sp³-hybridized carbons (Fsp3) is 0.500. The molecule has 0 radical (unpaired) electrons. The zero-order valence-corrected chi connectivity index (χ0v) is 41.4. The number of aromatic hydroxyl groups is 2. The lowest BCUT2D eigenvalue weighted by Gasteiger charge is -2.30. The Kier molecular flexibility index (Phi) is 16.8. The lowest BCUT2D eigenvalue weighted by atomic mass is 10.1. The number of amides is 4. The number of aryl methyl sites for hydroxylation is 2. The third-order valence-corrected chi connectivity index (χ3v) is 11.1. The summed E-state index contributed by atoms with van der Waals surface area (Å²) < 4.78 is 51.7. The minimum atomic E-state index is -0.852. The Morgan fingerprint density at radius 2 is 1.01 bits per heavy atom. The lowest BCUT2D eigenvalue weighted by molar-refractivity contribution is 0.00785. The molecule has 0 bridgehead atoms. The van der Waals surface area contributed by atoms with Gasteiger partial charge >= 0.3 is 12.2 Å². The highest BCUT2D eigenvalue weighted by atomic mass is 19.1. The van der Waals surface area contributed by atoms with Gasteiger partial charge in [0.05, 0.1) is 38.5 Å². The first-order chi connectivity index (χ1) is 32.6. The van der Waals surface area contributed by atoms with Gasteiger partial charge in [-0.1, -0.05) is 24.3 Å². The number of aromatic nitrogens is 4. The molecule has 0 fully saturated rings. The van der Waals surface area contributed by atoms with E-state index < -0.39 is 93.4 Å². The Hall–Kier alpha value is -6.94. The zero-order chi connectivity index (χ0) is 52.2. The Bertz CT molecular complexity index is 2560. The molecule has 380 valence electrons. The molecular weight excluding hydrogens is 919 g/mol. The molecule has 0 aliphatic carbocycles. The van der Waals surface area contributed by atoms with Crippen LogP contribution in [-0.4, -0.2) is 115 Å². The number of ether oxygens (including phenoxy) is 4. The molecule has 4 aromatic rings. The molecule has 2 aliphatic rings. The molecule has 0 saturated heterocycles. The normalized spacial score (nSPS) is 17.8. The van der Waals surface area contributed by atoms with Crippen LogP contribution in [0, 0.1) is 25.5 Å². The van der Waals surface area contributed by atoms with Gasteiger partial charge in [-0.2, -0.15) is 0 Å². The van der Waals surface area contributed by atoms with Crippen molar-refractivity contribution in [2.75, 3.05) is 40.5 Å². The predicted octanol–water partition coefficient (Wildman–Crippen LogP) is 5.65. The quantitative estimate of drug-likeness (QED) is 0.167. The Morgan fingerprint density at radius 3 is 1.33 bits per heavy atom. The number of carbonyl (C=O) groups excluding carboxylic acids is 4. The van der Waals surface area contributed by atoms with Crippen LogP contribution in [0.5, 0.6) is 11.5 Å². The average Bonchev–Trinajstić information content (AvgIpc) is 3.55. The summed E-state index contributed by atoms with van der Waals surface area (Å²) in [4.78, 5) is 88.6. The number of benzene rings is 2. The number of fused-ring (bicyclic) bond motifs is 2. The van der Waals surface area contributed by atoms with E-state index in [-0.39, 0.29) is 62.8 Å².